The van der Waals surface area contributed by atoms with E-state index in [0.29, 0.717) is 12.6 Å². The van der Waals surface area contributed by atoms with Crippen LogP contribution in [-0.2, 0) is 4.79 Å². The second kappa shape index (κ2) is 7.25. The number of hydrogen-bond acceptors (Lipinski definition) is 3. The van der Waals surface area contributed by atoms with Gasteiger partial charge in [0.2, 0.25) is 5.91 Å². The molecule has 1 amide bonds. The van der Waals surface area contributed by atoms with Gasteiger partial charge in [0.05, 0.1) is 12.5 Å². The number of carbonyl (C=O) groups excluding carboxylic acids is 1. The summed E-state index contributed by atoms with van der Waals surface area (Å²) in [6, 6.07) is 0.633. The molecule has 1 heterocycles. The molecule has 2 atom stereocenters. The van der Waals surface area contributed by atoms with Gasteiger partial charge in [-0.1, -0.05) is 19.3 Å². The summed E-state index contributed by atoms with van der Waals surface area (Å²) in [4.78, 5) is 14.8. The zero-order valence-corrected chi connectivity index (χ0v) is 12.1. The SMILES string of the molecule is CC1NCCCC1C(=O)N(CCO)C1CCCCC1. The summed E-state index contributed by atoms with van der Waals surface area (Å²) < 4.78 is 0. The standard InChI is InChI=1S/C15H28N2O2/c1-12-14(8-5-9-16-12)15(19)17(10-11-18)13-6-3-2-4-7-13/h12-14,16,18H,2-11H2,1H3. The van der Waals surface area contributed by atoms with Crippen molar-refractivity contribution in [3.05, 3.63) is 0 Å². The number of nitrogens with one attached hydrogen (secondary N) is 1. The Morgan fingerprint density at radius 1 is 1.21 bits per heavy atom. The topological polar surface area (TPSA) is 52.6 Å². The molecule has 1 aliphatic carbocycles. The minimum Gasteiger partial charge on any atom is -0.395 e. The zero-order chi connectivity index (χ0) is 13.7. The van der Waals surface area contributed by atoms with Gasteiger partial charge in [-0.25, -0.2) is 0 Å². The first-order valence-corrected chi connectivity index (χ1v) is 7.88. The highest BCUT2D eigenvalue weighted by molar-refractivity contribution is 5.80. The lowest BCUT2D eigenvalue weighted by Gasteiger charge is -2.39. The van der Waals surface area contributed by atoms with Crippen molar-refractivity contribution in [2.45, 2.75) is 64.0 Å². The first-order chi connectivity index (χ1) is 9.24. The average Bonchev–Trinajstić information content (AvgIpc) is 2.45. The lowest BCUT2D eigenvalue weighted by atomic mass is 9.88. The second-order valence-electron chi connectivity index (χ2n) is 6.04. The van der Waals surface area contributed by atoms with Gasteiger partial charge in [-0.15, -0.1) is 0 Å². The number of amides is 1. The van der Waals surface area contributed by atoms with Gasteiger partial charge < -0.3 is 15.3 Å². The number of aliphatic hydroxyl groups excluding tert-OH is 1. The van der Waals surface area contributed by atoms with E-state index in [2.05, 4.69) is 12.2 Å². The van der Waals surface area contributed by atoms with Crippen molar-refractivity contribution >= 4 is 5.91 Å². The van der Waals surface area contributed by atoms with Crippen molar-refractivity contribution < 1.29 is 9.90 Å². The maximum Gasteiger partial charge on any atom is 0.227 e. The Bertz CT molecular complexity index is 290. The van der Waals surface area contributed by atoms with Crippen molar-refractivity contribution in [2.75, 3.05) is 19.7 Å². The molecule has 4 nitrogen and oxygen atoms in total. The van der Waals surface area contributed by atoms with Crippen molar-refractivity contribution in [3.63, 3.8) is 0 Å². The van der Waals surface area contributed by atoms with Gasteiger partial charge in [-0.3, -0.25) is 4.79 Å². The van der Waals surface area contributed by atoms with Gasteiger partial charge >= 0.3 is 0 Å². The van der Waals surface area contributed by atoms with Crippen LogP contribution in [0.1, 0.15) is 51.9 Å². The van der Waals surface area contributed by atoms with Crippen molar-refractivity contribution in [1.82, 2.24) is 10.2 Å². The number of carbonyl (C=O) groups is 1. The molecule has 1 saturated heterocycles. The zero-order valence-electron chi connectivity index (χ0n) is 12.1. The van der Waals surface area contributed by atoms with E-state index in [4.69, 9.17) is 0 Å². The predicted octanol–water partition coefficient (Wildman–Crippen LogP) is 1.53. The smallest absolute Gasteiger partial charge is 0.227 e. The molecule has 0 radical (unpaired) electrons. The molecule has 19 heavy (non-hydrogen) atoms. The summed E-state index contributed by atoms with van der Waals surface area (Å²) in [5.41, 5.74) is 0. The Kier molecular flexibility index (Phi) is 5.64. The lowest BCUT2D eigenvalue weighted by molar-refractivity contribution is -0.141. The average molecular weight is 268 g/mol. The summed E-state index contributed by atoms with van der Waals surface area (Å²) in [5.74, 6) is 0.364. The Morgan fingerprint density at radius 2 is 1.95 bits per heavy atom. The summed E-state index contributed by atoms with van der Waals surface area (Å²) in [7, 11) is 0. The molecule has 1 aliphatic heterocycles. The van der Waals surface area contributed by atoms with Gasteiger partial charge in [0.1, 0.15) is 0 Å². The minimum atomic E-state index is 0.0801. The van der Waals surface area contributed by atoms with Crippen LogP contribution in [0.25, 0.3) is 0 Å². The first kappa shape index (κ1) is 14.8. The number of hydrogen-bond donors (Lipinski definition) is 2. The molecule has 2 aliphatic rings. The maximum absolute atomic E-state index is 12.8. The number of aliphatic hydroxyl groups is 1. The molecule has 4 heteroatoms. The molecule has 1 saturated carbocycles. The van der Waals surface area contributed by atoms with Crippen LogP contribution in [0.4, 0.5) is 0 Å². The summed E-state index contributed by atoms with van der Waals surface area (Å²) in [5, 5.41) is 12.7. The summed E-state index contributed by atoms with van der Waals surface area (Å²) in [6.45, 7) is 3.72. The van der Waals surface area contributed by atoms with Crippen LogP contribution in [0.3, 0.4) is 0 Å². The third-order valence-corrected chi connectivity index (χ3v) is 4.72. The first-order valence-electron chi connectivity index (χ1n) is 7.88. The van der Waals surface area contributed by atoms with E-state index < -0.39 is 0 Å². The molecule has 2 unspecified atom stereocenters. The van der Waals surface area contributed by atoms with E-state index in [-0.39, 0.29) is 24.5 Å². The fourth-order valence-electron chi connectivity index (χ4n) is 3.57. The Morgan fingerprint density at radius 3 is 2.58 bits per heavy atom. The van der Waals surface area contributed by atoms with Crippen LogP contribution in [0.15, 0.2) is 0 Å². The Labute approximate surface area is 116 Å². The van der Waals surface area contributed by atoms with E-state index in [1.165, 1.54) is 19.3 Å². The maximum atomic E-state index is 12.8. The molecular weight excluding hydrogens is 240 g/mol. The van der Waals surface area contributed by atoms with E-state index in [1.807, 2.05) is 4.90 Å². The van der Waals surface area contributed by atoms with Crippen LogP contribution >= 0.6 is 0 Å². The third-order valence-electron chi connectivity index (χ3n) is 4.72. The second-order valence-corrected chi connectivity index (χ2v) is 6.04. The normalized spacial score (nSPS) is 29.2. The summed E-state index contributed by atoms with van der Waals surface area (Å²) in [6.07, 6.45) is 8.02. The van der Waals surface area contributed by atoms with Crippen LogP contribution in [0.2, 0.25) is 0 Å². The van der Waals surface area contributed by atoms with Crippen molar-refractivity contribution in [3.8, 4) is 0 Å². The third kappa shape index (κ3) is 3.69. The molecule has 2 fully saturated rings. The lowest BCUT2D eigenvalue weighted by Crippen LogP contribution is -2.52. The molecule has 110 valence electrons. The van der Waals surface area contributed by atoms with E-state index in [0.717, 1.165) is 32.2 Å². The predicted molar refractivity (Wildman–Crippen MR) is 75.9 cm³/mol. The minimum absolute atomic E-state index is 0.0801. The largest absolute Gasteiger partial charge is 0.395 e. The van der Waals surface area contributed by atoms with E-state index in [9.17, 15) is 9.90 Å². The van der Waals surface area contributed by atoms with Crippen molar-refractivity contribution in [1.29, 1.82) is 0 Å². The Hall–Kier alpha value is -0.610. The van der Waals surface area contributed by atoms with E-state index in [1.54, 1.807) is 0 Å². The fraction of sp³-hybridized carbons (Fsp3) is 0.933. The molecule has 0 spiro atoms. The Balaban J connectivity index is 2.01. The van der Waals surface area contributed by atoms with Crippen LogP contribution in [0, 0.1) is 5.92 Å². The van der Waals surface area contributed by atoms with Gasteiger partial charge in [0.25, 0.3) is 0 Å². The molecule has 0 bridgehead atoms. The van der Waals surface area contributed by atoms with Gasteiger partial charge in [-0.05, 0) is 39.2 Å². The van der Waals surface area contributed by atoms with Crippen LogP contribution in [0.5, 0.6) is 0 Å². The molecule has 0 aromatic heterocycles. The number of rotatable bonds is 4. The highest BCUT2D eigenvalue weighted by Gasteiger charge is 2.34. The highest BCUT2D eigenvalue weighted by atomic mass is 16.3. The van der Waals surface area contributed by atoms with Gasteiger partial charge in [0, 0.05) is 18.6 Å². The van der Waals surface area contributed by atoms with Crippen LogP contribution in [-0.4, -0.2) is 47.7 Å². The quantitative estimate of drug-likeness (QED) is 0.813. The van der Waals surface area contributed by atoms with Crippen LogP contribution < -0.4 is 5.32 Å². The molecular formula is C15H28N2O2. The van der Waals surface area contributed by atoms with Gasteiger partial charge in [0.15, 0.2) is 0 Å². The molecule has 2 N–H and O–H groups in total. The molecule has 0 aromatic rings. The fourth-order valence-corrected chi connectivity index (χ4v) is 3.57. The summed E-state index contributed by atoms with van der Waals surface area (Å²) >= 11 is 0. The van der Waals surface area contributed by atoms with E-state index >= 15 is 0 Å². The molecule has 0 aromatic carbocycles. The molecule has 2 rings (SSSR count). The monoisotopic (exact) mass is 268 g/mol. The number of piperidine rings is 1. The van der Waals surface area contributed by atoms with Gasteiger partial charge in [-0.2, -0.15) is 0 Å². The van der Waals surface area contributed by atoms with Crippen molar-refractivity contribution in [2.24, 2.45) is 5.92 Å². The highest BCUT2D eigenvalue weighted by Crippen LogP contribution is 2.26. The number of nitrogens with zero attached hydrogens (tertiary/aromatic N) is 1.